The van der Waals surface area contributed by atoms with Gasteiger partial charge in [-0.05, 0) is 55.3 Å². The first-order valence-electron chi connectivity index (χ1n) is 12.0. The molecule has 3 aromatic rings. The standard InChI is InChI=1S/C26H23ClFN7O/c1-33-13-15-11-16(5-6-18(15)26(14-33)7-8-26)31-24-30-12-17-22(32-24)34-10-9-29-25(34)35(23(17)36)21-19(27)3-2-4-20(21)28/h2-6,11-12H,7-10,13-14H2,1H3,(H,30,31,32). The average molecular weight is 504 g/mol. The maximum absolute atomic E-state index is 14.7. The number of hydrogen-bond acceptors (Lipinski definition) is 7. The fourth-order valence-corrected chi connectivity index (χ4v) is 5.96. The number of nitrogens with one attached hydrogen (secondary N) is 1. The molecule has 0 bridgehead atoms. The van der Waals surface area contributed by atoms with Gasteiger partial charge in [0, 0.05) is 36.9 Å². The van der Waals surface area contributed by atoms with E-state index in [0.717, 1.165) is 18.8 Å². The Morgan fingerprint density at radius 1 is 1.19 bits per heavy atom. The Morgan fingerprint density at radius 3 is 2.86 bits per heavy atom. The van der Waals surface area contributed by atoms with Gasteiger partial charge in [0.1, 0.15) is 17.1 Å². The molecule has 10 heteroatoms. The van der Waals surface area contributed by atoms with E-state index in [4.69, 9.17) is 11.6 Å². The summed E-state index contributed by atoms with van der Waals surface area (Å²) >= 11 is 6.29. The molecule has 8 nitrogen and oxygen atoms in total. The number of halogens is 2. The van der Waals surface area contributed by atoms with E-state index in [1.165, 1.54) is 47.2 Å². The van der Waals surface area contributed by atoms with Gasteiger partial charge in [-0.1, -0.05) is 23.7 Å². The largest absolute Gasteiger partial charge is 0.324 e. The molecule has 7 rings (SSSR count). The van der Waals surface area contributed by atoms with Crippen LogP contribution in [0.4, 0.5) is 27.5 Å². The molecule has 4 aliphatic rings. The van der Waals surface area contributed by atoms with Crippen LogP contribution in [0.1, 0.15) is 34.3 Å². The predicted octanol–water partition coefficient (Wildman–Crippen LogP) is 4.33. The lowest BCUT2D eigenvalue weighted by molar-refractivity contribution is 0.0999. The number of nitrogens with zero attached hydrogens (tertiary/aromatic N) is 6. The summed E-state index contributed by atoms with van der Waals surface area (Å²) in [6, 6.07) is 10.8. The Kier molecular flexibility index (Phi) is 4.65. The van der Waals surface area contributed by atoms with E-state index < -0.39 is 11.7 Å². The van der Waals surface area contributed by atoms with Crippen LogP contribution < -0.4 is 15.1 Å². The fraction of sp³-hybridized carbons (Fsp3) is 0.308. The maximum atomic E-state index is 14.7. The van der Waals surface area contributed by atoms with Crippen molar-refractivity contribution < 1.29 is 9.18 Å². The summed E-state index contributed by atoms with van der Waals surface area (Å²) in [5, 5.41) is 3.44. The summed E-state index contributed by atoms with van der Waals surface area (Å²) in [6.45, 7) is 3.00. The maximum Gasteiger partial charge on any atom is 0.270 e. The number of likely N-dealkylation sites (N-methyl/N-ethyl adjacent to an activating group) is 1. The van der Waals surface area contributed by atoms with Gasteiger partial charge in [0.2, 0.25) is 11.9 Å². The fourth-order valence-electron chi connectivity index (χ4n) is 5.71. The highest BCUT2D eigenvalue weighted by molar-refractivity contribution is 6.38. The molecule has 3 aliphatic heterocycles. The molecule has 4 heterocycles. The number of benzene rings is 2. The van der Waals surface area contributed by atoms with E-state index in [9.17, 15) is 9.18 Å². The zero-order valence-corrected chi connectivity index (χ0v) is 20.4. The summed E-state index contributed by atoms with van der Waals surface area (Å²) in [6.07, 6.45) is 3.97. The smallest absolute Gasteiger partial charge is 0.270 e. The summed E-state index contributed by atoms with van der Waals surface area (Å²) in [5.41, 5.74) is 4.25. The summed E-state index contributed by atoms with van der Waals surface area (Å²) in [7, 11) is 2.17. The highest BCUT2D eigenvalue weighted by Gasteiger charge is 2.48. The number of hydrogen-bond donors (Lipinski definition) is 1. The molecule has 1 N–H and O–H groups in total. The van der Waals surface area contributed by atoms with Crippen molar-refractivity contribution in [2.24, 2.45) is 4.99 Å². The van der Waals surface area contributed by atoms with Crippen molar-refractivity contribution >= 4 is 46.6 Å². The van der Waals surface area contributed by atoms with Crippen LogP contribution in [0.5, 0.6) is 0 Å². The van der Waals surface area contributed by atoms with Gasteiger partial charge in [-0.2, -0.15) is 4.98 Å². The van der Waals surface area contributed by atoms with Crippen LogP contribution in [0, 0.1) is 5.82 Å². The first-order chi connectivity index (χ1) is 17.4. The number of fused-ring (bicyclic) bond motifs is 5. The average Bonchev–Trinajstić information content (AvgIpc) is 3.42. The molecule has 36 heavy (non-hydrogen) atoms. The first kappa shape index (κ1) is 21.7. The molecule has 1 aliphatic carbocycles. The molecule has 2 aromatic carbocycles. The van der Waals surface area contributed by atoms with E-state index in [2.05, 4.69) is 50.4 Å². The Hall–Kier alpha value is -3.56. The normalized spacial score (nSPS) is 19.6. The number of aliphatic imine (C=N–C) groups is 1. The van der Waals surface area contributed by atoms with Crippen LogP contribution in [0.3, 0.4) is 0 Å². The number of guanidine groups is 1. The second-order valence-corrected chi connectivity index (χ2v) is 10.3. The third-order valence-corrected chi connectivity index (χ3v) is 7.74. The Balaban J connectivity index is 1.23. The highest BCUT2D eigenvalue weighted by Crippen LogP contribution is 2.52. The third kappa shape index (κ3) is 3.23. The molecule has 182 valence electrons. The van der Waals surface area contributed by atoms with Crippen molar-refractivity contribution in [2.75, 3.05) is 41.8 Å². The van der Waals surface area contributed by atoms with Gasteiger partial charge < -0.3 is 10.2 Å². The monoisotopic (exact) mass is 503 g/mol. The number of rotatable bonds is 3. The second-order valence-electron chi connectivity index (χ2n) is 9.92. The number of aromatic nitrogens is 2. The van der Waals surface area contributed by atoms with Crippen LogP contribution in [0.2, 0.25) is 5.02 Å². The lowest BCUT2D eigenvalue weighted by atomic mass is 9.87. The molecule has 1 aromatic heterocycles. The molecular formula is C26H23ClFN7O. The second kappa shape index (κ2) is 7.72. The van der Waals surface area contributed by atoms with Crippen LogP contribution in [0.25, 0.3) is 0 Å². The number of carbonyl (C=O) groups excluding carboxylic acids is 1. The molecule has 1 spiro atoms. The minimum absolute atomic E-state index is 0.0184. The van der Waals surface area contributed by atoms with Crippen molar-refractivity contribution in [3.63, 3.8) is 0 Å². The molecule has 0 unspecified atom stereocenters. The van der Waals surface area contributed by atoms with Gasteiger partial charge in [-0.25, -0.2) is 14.3 Å². The molecular weight excluding hydrogens is 481 g/mol. The first-order valence-corrected chi connectivity index (χ1v) is 12.4. The van der Waals surface area contributed by atoms with Gasteiger partial charge in [0.05, 0.1) is 11.6 Å². The number of para-hydroxylation sites is 1. The molecule has 1 saturated carbocycles. The minimum Gasteiger partial charge on any atom is -0.324 e. The van der Waals surface area contributed by atoms with Crippen LogP contribution in [-0.2, 0) is 12.0 Å². The summed E-state index contributed by atoms with van der Waals surface area (Å²) in [4.78, 5) is 32.5. The number of carbonyl (C=O) groups is 1. The van der Waals surface area contributed by atoms with Crippen molar-refractivity contribution in [3.8, 4) is 0 Å². The molecule has 0 atom stereocenters. The Bertz CT molecular complexity index is 1450. The van der Waals surface area contributed by atoms with Crippen molar-refractivity contribution in [2.45, 2.75) is 24.8 Å². The van der Waals surface area contributed by atoms with Crippen molar-refractivity contribution in [1.82, 2.24) is 14.9 Å². The van der Waals surface area contributed by atoms with Crippen LogP contribution in [0.15, 0.2) is 47.6 Å². The SMILES string of the molecule is CN1Cc2cc(Nc3ncc4c(n3)N3CCN=C3N(c3c(F)cccc3Cl)C4=O)ccc2C2(CC2)C1. The Labute approximate surface area is 212 Å². The van der Waals surface area contributed by atoms with Gasteiger partial charge in [-0.15, -0.1) is 0 Å². The number of anilines is 4. The van der Waals surface area contributed by atoms with E-state index >= 15 is 0 Å². The zero-order chi connectivity index (χ0) is 24.6. The lowest BCUT2D eigenvalue weighted by Gasteiger charge is -2.35. The Morgan fingerprint density at radius 2 is 2.06 bits per heavy atom. The summed E-state index contributed by atoms with van der Waals surface area (Å²) in [5.74, 6) is 0.0873. The highest BCUT2D eigenvalue weighted by atomic mass is 35.5. The summed E-state index contributed by atoms with van der Waals surface area (Å²) < 4.78 is 14.7. The van der Waals surface area contributed by atoms with Gasteiger partial charge in [0.25, 0.3) is 5.91 Å². The topological polar surface area (TPSA) is 77.0 Å². The van der Waals surface area contributed by atoms with Gasteiger partial charge in [-0.3, -0.25) is 14.7 Å². The molecule has 0 saturated heterocycles. The van der Waals surface area contributed by atoms with Crippen molar-refractivity contribution in [3.05, 3.63) is 70.1 Å². The van der Waals surface area contributed by atoms with E-state index in [0.29, 0.717) is 36.2 Å². The minimum atomic E-state index is -0.598. The lowest BCUT2D eigenvalue weighted by Crippen LogP contribution is -2.51. The van der Waals surface area contributed by atoms with E-state index in [1.807, 2.05) is 4.90 Å². The third-order valence-electron chi connectivity index (χ3n) is 7.44. The molecule has 1 amide bonds. The van der Waals surface area contributed by atoms with Gasteiger partial charge in [0.15, 0.2) is 5.82 Å². The van der Waals surface area contributed by atoms with E-state index in [1.54, 1.807) is 6.07 Å². The van der Waals surface area contributed by atoms with Crippen LogP contribution in [-0.4, -0.2) is 53.4 Å². The molecule has 1 fully saturated rings. The predicted molar refractivity (Wildman–Crippen MR) is 137 cm³/mol. The molecule has 0 radical (unpaired) electrons. The van der Waals surface area contributed by atoms with Crippen molar-refractivity contribution in [1.29, 1.82) is 0 Å². The quantitative estimate of drug-likeness (QED) is 0.573. The zero-order valence-electron chi connectivity index (χ0n) is 19.6. The van der Waals surface area contributed by atoms with Gasteiger partial charge >= 0.3 is 0 Å². The number of amides is 1. The van der Waals surface area contributed by atoms with Crippen LogP contribution >= 0.6 is 11.6 Å². The van der Waals surface area contributed by atoms with E-state index in [-0.39, 0.29) is 16.3 Å².